The largest absolute Gasteiger partial charge is 0.401 e. The summed E-state index contributed by atoms with van der Waals surface area (Å²) >= 11 is 0. The highest BCUT2D eigenvalue weighted by Crippen LogP contribution is 2.14. The van der Waals surface area contributed by atoms with Gasteiger partial charge in [0.15, 0.2) is 11.6 Å². The monoisotopic (exact) mass is 225 g/mol. The quantitative estimate of drug-likeness (QED) is 0.779. The second-order valence-corrected chi connectivity index (χ2v) is 2.93. The molecule has 0 saturated heterocycles. The number of hydrogen-bond donors (Lipinski definition) is 1. The Kier molecular flexibility index (Phi) is 3.62. The Labute approximate surface area is 82.9 Å². The molecule has 0 spiro atoms. The van der Waals surface area contributed by atoms with Crippen LogP contribution in [0.15, 0.2) is 18.2 Å². The molecule has 0 aliphatic rings. The molecular weight excluding hydrogens is 217 g/mol. The lowest BCUT2D eigenvalue weighted by atomic mass is 10.2. The van der Waals surface area contributed by atoms with E-state index < -0.39 is 24.4 Å². The maximum absolute atomic E-state index is 12.9. The Bertz CT molecular complexity index is 334. The van der Waals surface area contributed by atoms with E-state index in [1.807, 2.05) is 5.32 Å². The van der Waals surface area contributed by atoms with Crippen molar-refractivity contribution in [3.05, 3.63) is 35.4 Å². The Balaban J connectivity index is 2.55. The molecule has 0 fully saturated rings. The van der Waals surface area contributed by atoms with Crippen molar-refractivity contribution in [1.29, 1.82) is 0 Å². The topological polar surface area (TPSA) is 12.0 Å². The summed E-state index contributed by atoms with van der Waals surface area (Å²) < 4.78 is 60.7. The van der Waals surface area contributed by atoms with Gasteiger partial charge in [0.1, 0.15) is 0 Å². The first kappa shape index (κ1) is 11.9. The van der Waals surface area contributed by atoms with E-state index in [-0.39, 0.29) is 12.1 Å². The van der Waals surface area contributed by atoms with Crippen molar-refractivity contribution in [2.24, 2.45) is 0 Å². The van der Waals surface area contributed by atoms with E-state index in [2.05, 4.69) is 0 Å². The molecule has 0 atom stereocenters. The molecule has 1 nitrogen and oxygen atoms in total. The van der Waals surface area contributed by atoms with Crippen LogP contribution in [0.3, 0.4) is 0 Å². The van der Waals surface area contributed by atoms with Gasteiger partial charge in [0.05, 0.1) is 6.54 Å². The van der Waals surface area contributed by atoms with Crippen LogP contribution >= 0.6 is 0 Å². The van der Waals surface area contributed by atoms with E-state index in [9.17, 15) is 22.0 Å². The number of halogens is 5. The van der Waals surface area contributed by atoms with Gasteiger partial charge in [-0.3, -0.25) is 0 Å². The molecule has 0 radical (unpaired) electrons. The summed E-state index contributed by atoms with van der Waals surface area (Å²) in [6, 6.07) is 3.37. The van der Waals surface area contributed by atoms with Crippen LogP contribution in [0, 0.1) is 11.6 Å². The molecule has 0 aliphatic heterocycles. The number of benzene rings is 1. The van der Waals surface area contributed by atoms with Gasteiger partial charge in [0.25, 0.3) is 0 Å². The van der Waals surface area contributed by atoms with Gasteiger partial charge in [-0.05, 0) is 6.07 Å². The van der Waals surface area contributed by atoms with E-state index in [4.69, 9.17) is 0 Å². The second-order valence-electron chi connectivity index (χ2n) is 2.93. The molecule has 0 bridgehead atoms. The van der Waals surface area contributed by atoms with E-state index in [1.54, 1.807) is 0 Å². The van der Waals surface area contributed by atoms with Crippen molar-refractivity contribution in [3.63, 3.8) is 0 Å². The summed E-state index contributed by atoms with van der Waals surface area (Å²) in [4.78, 5) is 0. The van der Waals surface area contributed by atoms with Gasteiger partial charge in [-0.1, -0.05) is 12.1 Å². The first-order chi connectivity index (χ1) is 6.90. The summed E-state index contributed by atoms with van der Waals surface area (Å²) in [5.74, 6) is -2.19. The number of alkyl halides is 3. The number of hydrogen-bond acceptors (Lipinski definition) is 1. The molecule has 0 aromatic heterocycles. The Morgan fingerprint density at radius 3 is 2.40 bits per heavy atom. The highest BCUT2D eigenvalue weighted by Gasteiger charge is 2.26. The maximum Gasteiger partial charge on any atom is 0.401 e. The molecule has 1 N–H and O–H groups in total. The van der Waals surface area contributed by atoms with Crippen molar-refractivity contribution in [3.8, 4) is 0 Å². The first-order valence-electron chi connectivity index (χ1n) is 4.10. The van der Waals surface area contributed by atoms with Gasteiger partial charge in [-0.15, -0.1) is 0 Å². The summed E-state index contributed by atoms with van der Waals surface area (Å²) in [6.07, 6.45) is -4.36. The van der Waals surface area contributed by atoms with E-state index in [0.717, 1.165) is 6.07 Å². The average Bonchev–Trinajstić information content (AvgIpc) is 2.10. The van der Waals surface area contributed by atoms with Gasteiger partial charge >= 0.3 is 6.18 Å². The smallest absolute Gasteiger partial charge is 0.304 e. The highest BCUT2D eigenvalue weighted by molar-refractivity contribution is 5.18. The lowest BCUT2D eigenvalue weighted by Gasteiger charge is -2.08. The standard InChI is InChI=1S/C9H8F5N/c10-7-3-1-2-6(8(7)11)4-15-5-9(12,13)14/h1-3,15H,4-5H2. The summed E-state index contributed by atoms with van der Waals surface area (Å²) in [5.41, 5.74) is -0.126. The predicted octanol–water partition coefficient (Wildman–Crippen LogP) is 2.62. The van der Waals surface area contributed by atoms with Gasteiger partial charge in [0.2, 0.25) is 0 Å². The Morgan fingerprint density at radius 1 is 1.13 bits per heavy atom. The zero-order valence-corrected chi connectivity index (χ0v) is 7.54. The Morgan fingerprint density at radius 2 is 1.80 bits per heavy atom. The third kappa shape index (κ3) is 3.83. The minimum Gasteiger partial charge on any atom is -0.304 e. The number of rotatable bonds is 3. The molecule has 0 heterocycles. The third-order valence-electron chi connectivity index (χ3n) is 1.67. The molecule has 1 aromatic rings. The highest BCUT2D eigenvalue weighted by atomic mass is 19.4. The fourth-order valence-corrected chi connectivity index (χ4v) is 1.02. The normalized spacial score (nSPS) is 11.8. The lowest BCUT2D eigenvalue weighted by molar-refractivity contribution is -0.125. The molecule has 15 heavy (non-hydrogen) atoms. The fourth-order valence-electron chi connectivity index (χ4n) is 1.02. The van der Waals surface area contributed by atoms with Gasteiger partial charge in [0, 0.05) is 12.1 Å². The zero-order chi connectivity index (χ0) is 11.5. The summed E-state index contributed by atoms with van der Waals surface area (Å²) in [5, 5.41) is 1.98. The SMILES string of the molecule is Fc1cccc(CNCC(F)(F)F)c1F. The first-order valence-corrected chi connectivity index (χ1v) is 4.10. The van der Waals surface area contributed by atoms with Crippen LogP contribution in [-0.2, 0) is 6.54 Å². The van der Waals surface area contributed by atoms with Gasteiger partial charge in [-0.25, -0.2) is 8.78 Å². The molecule has 0 saturated carbocycles. The fraction of sp³-hybridized carbons (Fsp3) is 0.333. The molecule has 84 valence electrons. The zero-order valence-electron chi connectivity index (χ0n) is 7.54. The third-order valence-corrected chi connectivity index (χ3v) is 1.67. The average molecular weight is 225 g/mol. The van der Waals surface area contributed by atoms with Gasteiger partial charge < -0.3 is 5.32 Å². The predicted molar refractivity (Wildman–Crippen MR) is 44.1 cm³/mol. The molecule has 0 amide bonds. The number of nitrogens with one attached hydrogen (secondary N) is 1. The molecule has 6 heteroatoms. The van der Waals surface area contributed by atoms with Crippen LogP contribution < -0.4 is 5.32 Å². The van der Waals surface area contributed by atoms with Crippen LogP contribution in [0.1, 0.15) is 5.56 Å². The van der Waals surface area contributed by atoms with Crippen LogP contribution in [-0.4, -0.2) is 12.7 Å². The van der Waals surface area contributed by atoms with Crippen molar-refractivity contribution in [1.82, 2.24) is 5.32 Å². The van der Waals surface area contributed by atoms with Crippen LogP contribution in [0.4, 0.5) is 22.0 Å². The molecule has 0 unspecified atom stereocenters. The molecule has 1 aromatic carbocycles. The van der Waals surface area contributed by atoms with Gasteiger partial charge in [-0.2, -0.15) is 13.2 Å². The van der Waals surface area contributed by atoms with Crippen LogP contribution in [0.25, 0.3) is 0 Å². The molecule has 1 rings (SSSR count). The minimum absolute atomic E-state index is 0.126. The van der Waals surface area contributed by atoms with Crippen molar-refractivity contribution >= 4 is 0 Å². The Hall–Kier alpha value is -1.17. The van der Waals surface area contributed by atoms with E-state index in [0.29, 0.717) is 0 Å². The molecular formula is C9H8F5N. The van der Waals surface area contributed by atoms with E-state index >= 15 is 0 Å². The lowest BCUT2D eigenvalue weighted by Crippen LogP contribution is -2.28. The summed E-state index contributed by atoms with van der Waals surface area (Å²) in [6.45, 7) is -1.59. The minimum atomic E-state index is -4.36. The van der Waals surface area contributed by atoms with E-state index in [1.165, 1.54) is 12.1 Å². The van der Waals surface area contributed by atoms with Crippen LogP contribution in [0.5, 0.6) is 0 Å². The van der Waals surface area contributed by atoms with Crippen molar-refractivity contribution in [2.45, 2.75) is 12.7 Å². The maximum atomic E-state index is 12.9. The van der Waals surface area contributed by atoms with Crippen LogP contribution in [0.2, 0.25) is 0 Å². The molecule has 0 aliphatic carbocycles. The van der Waals surface area contributed by atoms with Crippen molar-refractivity contribution in [2.75, 3.05) is 6.54 Å². The van der Waals surface area contributed by atoms with Crippen molar-refractivity contribution < 1.29 is 22.0 Å². The second kappa shape index (κ2) is 4.57. The summed E-state index contributed by atoms with van der Waals surface area (Å²) in [7, 11) is 0.